The van der Waals surface area contributed by atoms with Gasteiger partial charge in [-0.15, -0.1) is 0 Å². The Kier molecular flexibility index (Phi) is 3.95. The van der Waals surface area contributed by atoms with E-state index in [2.05, 4.69) is 109 Å². The Bertz CT molecular complexity index is 1100. The van der Waals surface area contributed by atoms with E-state index in [1.54, 1.807) is 0 Å². The summed E-state index contributed by atoms with van der Waals surface area (Å²) in [4.78, 5) is 0. The molecule has 0 saturated carbocycles. The van der Waals surface area contributed by atoms with E-state index in [0.717, 1.165) is 6.42 Å². The molecule has 27 heavy (non-hydrogen) atoms. The van der Waals surface area contributed by atoms with Crippen molar-refractivity contribution in [3.63, 3.8) is 0 Å². The number of hydrogen-bond donors (Lipinski definition) is 0. The van der Waals surface area contributed by atoms with Gasteiger partial charge in [0.1, 0.15) is 0 Å². The van der Waals surface area contributed by atoms with E-state index in [4.69, 9.17) is 0 Å². The zero-order chi connectivity index (χ0) is 18.1. The van der Waals surface area contributed by atoms with Crippen LogP contribution in [0.1, 0.15) is 16.7 Å². The highest BCUT2D eigenvalue weighted by Crippen LogP contribution is 2.42. The fraction of sp³-hybridized carbons (Fsp3) is 0.0370. The van der Waals surface area contributed by atoms with Crippen LogP contribution in [0.4, 0.5) is 0 Å². The summed E-state index contributed by atoms with van der Waals surface area (Å²) in [6, 6.07) is 36.7. The van der Waals surface area contributed by atoms with Crippen LogP contribution in [0.2, 0.25) is 0 Å². The summed E-state index contributed by atoms with van der Waals surface area (Å²) in [5.41, 5.74) is 10.7. The zero-order valence-electron chi connectivity index (χ0n) is 15.1. The predicted octanol–water partition coefficient (Wildman–Crippen LogP) is 7.12. The van der Waals surface area contributed by atoms with Gasteiger partial charge in [-0.25, -0.2) is 0 Å². The van der Waals surface area contributed by atoms with Gasteiger partial charge >= 0.3 is 0 Å². The normalized spacial score (nSPS) is 12.5. The van der Waals surface area contributed by atoms with Crippen molar-refractivity contribution in [1.82, 2.24) is 0 Å². The van der Waals surface area contributed by atoms with Crippen LogP contribution in [0.5, 0.6) is 0 Å². The third kappa shape index (κ3) is 2.90. The van der Waals surface area contributed by atoms with Crippen LogP contribution in [0.15, 0.2) is 103 Å². The monoisotopic (exact) mass is 344 g/mol. The lowest BCUT2D eigenvalue weighted by molar-refractivity contribution is 1.31. The highest BCUT2D eigenvalue weighted by Gasteiger charge is 2.21. The molecule has 4 aromatic carbocycles. The smallest absolute Gasteiger partial charge is 0.000728 e. The highest BCUT2D eigenvalue weighted by atomic mass is 14.2. The Morgan fingerprint density at radius 3 is 1.52 bits per heavy atom. The molecule has 0 fully saturated rings. The second-order valence-corrected chi connectivity index (χ2v) is 7.00. The molecule has 0 N–H and O–H groups in total. The molecule has 0 aliphatic heterocycles. The molecule has 5 rings (SSSR count). The molecule has 1 aliphatic rings. The maximum atomic E-state index is 2.39. The van der Waals surface area contributed by atoms with Crippen molar-refractivity contribution in [1.29, 1.82) is 0 Å². The van der Waals surface area contributed by atoms with Crippen LogP contribution in [0.25, 0.3) is 33.9 Å². The third-order valence-corrected chi connectivity index (χ3v) is 5.36. The van der Waals surface area contributed by atoms with Gasteiger partial charge in [-0.3, -0.25) is 0 Å². The van der Waals surface area contributed by atoms with Crippen molar-refractivity contribution in [2.45, 2.75) is 6.42 Å². The Hall–Kier alpha value is -3.38. The van der Waals surface area contributed by atoms with Gasteiger partial charge in [0.05, 0.1) is 0 Å². The largest absolute Gasteiger partial charge is 0.0622 e. The molecule has 1 aliphatic carbocycles. The summed E-state index contributed by atoms with van der Waals surface area (Å²) < 4.78 is 0. The second kappa shape index (κ2) is 6.74. The van der Waals surface area contributed by atoms with Crippen LogP contribution in [-0.4, -0.2) is 0 Å². The van der Waals surface area contributed by atoms with Crippen LogP contribution in [0.3, 0.4) is 0 Å². The van der Waals surface area contributed by atoms with Crippen molar-refractivity contribution >= 4 is 11.6 Å². The van der Waals surface area contributed by atoms with Crippen molar-refractivity contribution in [3.05, 3.63) is 120 Å². The van der Waals surface area contributed by atoms with Gasteiger partial charge in [-0.2, -0.15) is 0 Å². The van der Waals surface area contributed by atoms with E-state index in [1.165, 1.54) is 44.5 Å². The molecule has 0 aromatic heterocycles. The van der Waals surface area contributed by atoms with Gasteiger partial charge in [0.25, 0.3) is 0 Å². The Morgan fingerprint density at radius 1 is 0.444 bits per heavy atom. The van der Waals surface area contributed by atoms with Gasteiger partial charge in [-0.05, 0) is 57.0 Å². The number of benzene rings is 4. The van der Waals surface area contributed by atoms with E-state index >= 15 is 0 Å². The van der Waals surface area contributed by atoms with Crippen LogP contribution in [-0.2, 0) is 6.42 Å². The second-order valence-electron chi connectivity index (χ2n) is 7.00. The first-order chi connectivity index (χ1) is 13.4. The lowest BCUT2D eigenvalue weighted by Crippen LogP contribution is -1.93. The van der Waals surface area contributed by atoms with Crippen molar-refractivity contribution in [2.75, 3.05) is 0 Å². The molecule has 0 unspecified atom stereocenters. The fourth-order valence-electron chi connectivity index (χ4n) is 4.03. The predicted molar refractivity (Wildman–Crippen MR) is 115 cm³/mol. The molecule has 4 aromatic rings. The van der Waals surface area contributed by atoms with Gasteiger partial charge in [0.15, 0.2) is 0 Å². The number of fused-ring (bicyclic) bond motifs is 1. The first-order valence-electron chi connectivity index (χ1n) is 9.43. The Labute approximate surface area is 160 Å². The van der Waals surface area contributed by atoms with Crippen molar-refractivity contribution in [3.8, 4) is 22.3 Å². The summed E-state index contributed by atoms with van der Waals surface area (Å²) in [7, 11) is 0. The highest BCUT2D eigenvalue weighted by molar-refractivity contribution is 5.97. The first kappa shape index (κ1) is 15.8. The first-order valence-corrected chi connectivity index (χ1v) is 9.43. The summed E-state index contributed by atoms with van der Waals surface area (Å²) in [5, 5.41) is 0. The van der Waals surface area contributed by atoms with Crippen LogP contribution < -0.4 is 0 Å². The summed E-state index contributed by atoms with van der Waals surface area (Å²) in [6.45, 7) is 0. The quantitative estimate of drug-likeness (QED) is 0.371. The summed E-state index contributed by atoms with van der Waals surface area (Å²) >= 11 is 0. The summed E-state index contributed by atoms with van der Waals surface area (Å²) in [5.74, 6) is 0. The van der Waals surface area contributed by atoms with Gasteiger partial charge < -0.3 is 0 Å². The molecule has 0 amide bonds. The minimum Gasteiger partial charge on any atom is -0.0622 e. The SMILES string of the molecule is C1=C(c2ccccc2)Cc2c(-c3ccccc3)ccc(-c3ccccc3)c21. The number of allylic oxidation sites excluding steroid dienone is 1. The van der Waals surface area contributed by atoms with Crippen LogP contribution >= 0.6 is 0 Å². The van der Waals surface area contributed by atoms with E-state index in [1.807, 2.05) is 0 Å². The van der Waals surface area contributed by atoms with E-state index in [0.29, 0.717) is 0 Å². The van der Waals surface area contributed by atoms with E-state index in [9.17, 15) is 0 Å². The lowest BCUT2D eigenvalue weighted by atomic mass is 9.90. The third-order valence-electron chi connectivity index (χ3n) is 5.36. The summed E-state index contributed by atoms with van der Waals surface area (Å²) in [6.07, 6.45) is 3.36. The van der Waals surface area contributed by atoms with E-state index < -0.39 is 0 Å². The Balaban J connectivity index is 1.70. The molecular formula is C27H20. The standard InChI is InChI=1S/C27H20/c1-4-10-20(11-5-1)23-18-26-24(21-12-6-2-7-13-21)16-17-25(27(26)19-23)22-14-8-3-9-15-22/h1-18H,19H2. The molecule has 0 atom stereocenters. The average Bonchev–Trinajstić information content (AvgIpc) is 3.20. The van der Waals surface area contributed by atoms with Crippen molar-refractivity contribution < 1.29 is 0 Å². The lowest BCUT2D eigenvalue weighted by Gasteiger charge is -2.14. The minimum atomic E-state index is 0.976. The molecule has 0 spiro atoms. The van der Waals surface area contributed by atoms with Gasteiger partial charge in [0, 0.05) is 0 Å². The number of hydrogen-bond acceptors (Lipinski definition) is 0. The molecule has 0 saturated heterocycles. The molecule has 0 radical (unpaired) electrons. The molecule has 128 valence electrons. The van der Waals surface area contributed by atoms with E-state index in [-0.39, 0.29) is 0 Å². The molecule has 0 heteroatoms. The fourth-order valence-corrected chi connectivity index (χ4v) is 4.03. The Morgan fingerprint density at radius 2 is 0.926 bits per heavy atom. The number of rotatable bonds is 3. The molecule has 0 bridgehead atoms. The van der Waals surface area contributed by atoms with Crippen molar-refractivity contribution in [2.24, 2.45) is 0 Å². The maximum Gasteiger partial charge on any atom is -0.000728 e. The maximum absolute atomic E-state index is 2.39. The topological polar surface area (TPSA) is 0 Å². The zero-order valence-corrected chi connectivity index (χ0v) is 15.1. The van der Waals surface area contributed by atoms with Crippen LogP contribution in [0, 0.1) is 0 Å². The van der Waals surface area contributed by atoms with Gasteiger partial charge in [-0.1, -0.05) is 103 Å². The average molecular weight is 344 g/mol. The minimum absolute atomic E-state index is 0.976. The van der Waals surface area contributed by atoms with Gasteiger partial charge in [0.2, 0.25) is 0 Å². The molecule has 0 nitrogen and oxygen atoms in total. The molecular weight excluding hydrogens is 324 g/mol. The molecule has 0 heterocycles.